The number of para-hydroxylation sites is 1. The number of aliphatic hydroxyl groups is 1. The predicted molar refractivity (Wildman–Crippen MR) is 68.1 cm³/mol. The number of benzene rings is 1. The third-order valence-corrected chi connectivity index (χ3v) is 3.08. The molecule has 0 saturated heterocycles. The van der Waals surface area contributed by atoms with Crippen molar-refractivity contribution in [1.29, 1.82) is 0 Å². The first-order valence-corrected chi connectivity index (χ1v) is 5.92. The van der Waals surface area contributed by atoms with Gasteiger partial charge in [0, 0.05) is 30.1 Å². The summed E-state index contributed by atoms with van der Waals surface area (Å²) in [5, 5.41) is 11.0. The Bertz CT molecular complexity index is 502. The minimum atomic E-state index is 0.167. The second-order valence-corrected chi connectivity index (χ2v) is 4.66. The molecule has 86 valence electrons. The molecule has 0 aliphatic heterocycles. The Balaban J connectivity index is 2.72. The third-order valence-electron chi connectivity index (χ3n) is 2.77. The van der Waals surface area contributed by atoms with Crippen LogP contribution >= 0.6 is 11.6 Å². The molecule has 0 atom stereocenters. The number of hydrogen-bond acceptors (Lipinski definition) is 1. The van der Waals surface area contributed by atoms with Crippen LogP contribution < -0.4 is 0 Å². The summed E-state index contributed by atoms with van der Waals surface area (Å²) in [6.07, 6.45) is 0.670. The Morgan fingerprint density at radius 1 is 1.38 bits per heavy atom. The van der Waals surface area contributed by atoms with Gasteiger partial charge in [0.25, 0.3) is 0 Å². The van der Waals surface area contributed by atoms with Crippen LogP contribution in [0.4, 0.5) is 0 Å². The van der Waals surface area contributed by atoms with Crippen LogP contribution in [0.3, 0.4) is 0 Å². The molecule has 0 fully saturated rings. The van der Waals surface area contributed by atoms with Crippen molar-refractivity contribution in [2.24, 2.45) is 0 Å². The minimum absolute atomic E-state index is 0.167. The molecule has 2 nitrogen and oxygen atoms in total. The zero-order chi connectivity index (χ0) is 11.7. The van der Waals surface area contributed by atoms with Crippen molar-refractivity contribution >= 4 is 22.5 Å². The average molecular weight is 238 g/mol. The van der Waals surface area contributed by atoms with Gasteiger partial charge in [0.15, 0.2) is 0 Å². The molecule has 1 aromatic heterocycles. The van der Waals surface area contributed by atoms with Crippen LogP contribution in [0.1, 0.15) is 25.6 Å². The van der Waals surface area contributed by atoms with Gasteiger partial charge in [0.05, 0.1) is 10.5 Å². The molecule has 0 spiro atoms. The molecule has 0 bridgehead atoms. The summed E-state index contributed by atoms with van der Waals surface area (Å²) in [4.78, 5) is 0. The first-order valence-electron chi connectivity index (χ1n) is 5.54. The highest BCUT2D eigenvalue weighted by Crippen LogP contribution is 2.30. The molecule has 0 radical (unpaired) electrons. The molecule has 3 heteroatoms. The molecule has 0 unspecified atom stereocenters. The maximum atomic E-state index is 9.07. The molecule has 1 heterocycles. The molecule has 1 aromatic carbocycles. The van der Waals surface area contributed by atoms with Crippen molar-refractivity contribution in [3.63, 3.8) is 0 Å². The molecule has 0 saturated carbocycles. The lowest BCUT2D eigenvalue weighted by molar-refractivity contribution is 0.296. The molecule has 2 rings (SSSR count). The average Bonchev–Trinajstić information content (AvgIpc) is 2.58. The van der Waals surface area contributed by atoms with Gasteiger partial charge < -0.3 is 9.67 Å². The Morgan fingerprint density at radius 2 is 2.12 bits per heavy atom. The maximum Gasteiger partial charge on any atom is 0.0674 e. The zero-order valence-electron chi connectivity index (χ0n) is 9.57. The lowest BCUT2D eigenvalue weighted by atomic mass is 10.2. The lowest BCUT2D eigenvalue weighted by Gasteiger charge is -2.14. The van der Waals surface area contributed by atoms with Crippen LogP contribution in [0.2, 0.25) is 5.02 Å². The Labute approximate surface area is 100 Å². The summed E-state index contributed by atoms with van der Waals surface area (Å²) in [6.45, 7) is 4.42. The molecule has 2 aromatic rings. The van der Waals surface area contributed by atoms with Gasteiger partial charge in [-0.2, -0.15) is 0 Å². The fourth-order valence-corrected chi connectivity index (χ4v) is 2.47. The van der Waals surface area contributed by atoms with Crippen LogP contribution in [-0.2, 0) is 6.42 Å². The first-order chi connectivity index (χ1) is 7.65. The Morgan fingerprint density at radius 3 is 2.75 bits per heavy atom. The van der Waals surface area contributed by atoms with E-state index in [0.717, 1.165) is 21.6 Å². The topological polar surface area (TPSA) is 25.2 Å². The van der Waals surface area contributed by atoms with Gasteiger partial charge in [-0.1, -0.05) is 23.7 Å². The summed E-state index contributed by atoms with van der Waals surface area (Å²) in [6, 6.07) is 8.38. The number of aliphatic hydroxyl groups excluding tert-OH is 1. The smallest absolute Gasteiger partial charge is 0.0674 e. The van der Waals surface area contributed by atoms with E-state index < -0.39 is 0 Å². The Kier molecular flexibility index (Phi) is 3.22. The summed E-state index contributed by atoms with van der Waals surface area (Å²) in [5.41, 5.74) is 2.21. The summed E-state index contributed by atoms with van der Waals surface area (Å²) in [5.74, 6) is 0. The standard InChI is InChI=1S/C13H16ClNO/c1-9(2)15-11(6-7-16)8-10-4-3-5-12(14)13(10)15/h3-5,8-9,16H,6-7H2,1-2H3. The summed E-state index contributed by atoms with van der Waals surface area (Å²) in [7, 11) is 0. The number of hydrogen-bond donors (Lipinski definition) is 1. The molecule has 1 N–H and O–H groups in total. The zero-order valence-corrected chi connectivity index (χ0v) is 10.3. The highest BCUT2D eigenvalue weighted by Gasteiger charge is 2.13. The van der Waals surface area contributed by atoms with Gasteiger partial charge in [-0.3, -0.25) is 0 Å². The summed E-state index contributed by atoms with van der Waals surface area (Å²) < 4.78 is 2.20. The molecular weight excluding hydrogens is 222 g/mol. The fraction of sp³-hybridized carbons (Fsp3) is 0.385. The number of rotatable bonds is 3. The van der Waals surface area contributed by atoms with E-state index in [9.17, 15) is 0 Å². The Hall–Kier alpha value is -0.990. The van der Waals surface area contributed by atoms with Crippen molar-refractivity contribution in [3.8, 4) is 0 Å². The molecular formula is C13H16ClNO. The van der Waals surface area contributed by atoms with Crippen LogP contribution in [0.25, 0.3) is 10.9 Å². The van der Waals surface area contributed by atoms with Crippen molar-refractivity contribution in [2.45, 2.75) is 26.3 Å². The SMILES string of the molecule is CC(C)n1c(CCO)cc2cccc(Cl)c21. The number of nitrogens with zero attached hydrogens (tertiary/aromatic N) is 1. The van der Waals surface area contributed by atoms with Gasteiger partial charge in [0.2, 0.25) is 0 Å². The van der Waals surface area contributed by atoms with Gasteiger partial charge in [-0.25, -0.2) is 0 Å². The van der Waals surface area contributed by atoms with Crippen LogP contribution in [0.5, 0.6) is 0 Å². The third kappa shape index (κ3) is 1.83. The highest BCUT2D eigenvalue weighted by atomic mass is 35.5. The normalized spacial score (nSPS) is 11.6. The molecule has 16 heavy (non-hydrogen) atoms. The van der Waals surface area contributed by atoms with E-state index in [1.54, 1.807) is 0 Å². The van der Waals surface area contributed by atoms with E-state index in [1.165, 1.54) is 0 Å². The van der Waals surface area contributed by atoms with Gasteiger partial charge in [0.1, 0.15) is 0 Å². The van der Waals surface area contributed by atoms with Crippen LogP contribution in [-0.4, -0.2) is 16.3 Å². The van der Waals surface area contributed by atoms with E-state index in [1.807, 2.05) is 12.1 Å². The quantitative estimate of drug-likeness (QED) is 0.870. The van der Waals surface area contributed by atoms with E-state index in [-0.39, 0.29) is 6.61 Å². The number of aromatic nitrogens is 1. The molecule has 0 aliphatic rings. The summed E-state index contributed by atoms with van der Waals surface area (Å²) >= 11 is 6.24. The number of halogens is 1. The van der Waals surface area contributed by atoms with Gasteiger partial charge >= 0.3 is 0 Å². The molecule has 0 aliphatic carbocycles. The maximum absolute atomic E-state index is 9.07. The van der Waals surface area contributed by atoms with Crippen LogP contribution in [0.15, 0.2) is 24.3 Å². The van der Waals surface area contributed by atoms with Crippen molar-refractivity contribution < 1.29 is 5.11 Å². The largest absolute Gasteiger partial charge is 0.396 e. The van der Waals surface area contributed by atoms with E-state index in [0.29, 0.717) is 12.5 Å². The minimum Gasteiger partial charge on any atom is -0.396 e. The van der Waals surface area contributed by atoms with Crippen molar-refractivity contribution in [3.05, 3.63) is 35.0 Å². The van der Waals surface area contributed by atoms with E-state index in [4.69, 9.17) is 16.7 Å². The number of fused-ring (bicyclic) bond motifs is 1. The second kappa shape index (κ2) is 4.48. The monoisotopic (exact) mass is 237 g/mol. The van der Waals surface area contributed by atoms with Crippen molar-refractivity contribution in [2.75, 3.05) is 6.61 Å². The molecule has 0 amide bonds. The lowest BCUT2D eigenvalue weighted by Crippen LogP contribution is -2.07. The second-order valence-electron chi connectivity index (χ2n) is 4.25. The predicted octanol–water partition coefficient (Wildman–Crippen LogP) is 3.41. The van der Waals surface area contributed by atoms with Crippen LogP contribution in [0, 0.1) is 0 Å². The highest BCUT2D eigenvalue weighted by molar-refractivity contribution is 6.35. The van der Waals surface area contributed by atoms with E-state index >= 15 is 0 Å². The van der Waals surface area contributed by atoms with Gasteiger partial charge in [-0.05, 0) is 26.0 Å². The van der Waals surface area contributed by atoms with E-state index in [2.05, 4.69) is 30.5 Å². The van der Waals surface area contributed by atoms with Crippen molar-refractivity contribution in [1.82, 2.24) is 4.57 Å². The fourth-order valence-electron chi connectivity index (χ4n) is 2.19. The first kappa shape index (κ1) is 11.5. The van der Waals surface area contributed by atoms with Gasteiger partial charge in [-0.15, -0.1) is 0 Å².